The number of ether oxygens (including phenoxy) is 2. The van der Waals surface area contributed by atoms with Crippen molar-refractivity contribution in [3.63, 3.8) is 0 Å². The van der Waals surface area contributed by atoms with Crippen molar-refractivity contribution in [2.45, 2.75) is 50.8 Å². The van der Waals surface area contributed by atoms with Crippen LogP contribution in [0.2, 0.25) is 0 Å². The maximum atomic E-state index is 13.7. The zero-order chi connectivity index (χ0) is 26.6. The van der Waals surface area contributed by atoms with Crippen LogP contribution in [0.3, 0.4) is 0 Å². The molecule has 13 heteroatoms. The van der Waals surface area contributed by atoms with Crippen LogP contribution < -0.4 is 20.2 Å². The lowest BCUT2D eigenvalue weighted by Gasteiger charge is -2.22. The van der Waals surface area contributed by atoms with Crippen molar-refractivity contribution in [3.8, 4) is 22.6 Å². The van der Waals surface area contributed by atoms with Gasteiger partial charge < -0.3 is 24.5 Å². The summed E-state index contributed by atoms with van der Waals surface area (Å²) in [6, 6.07) is 7.84. The topological polar surface area (TPSA) is 144 Å². The first-order chi connectivity index (χ1) is 17.4. The van der Waals surface area contributed by atoms with E-state index in [9.17, 15) is 36.4 Å². The Kier molecular flexibility index (Phi) is 6.16. The number of carbonyl (C=O) groups is 1. The van der Waals surface area contributed by atoms with Crippen LogP contribution in [0.5, 0.6) is 11.5 Å². The third kappa shape index (κ3) is 4.77. The van der Waals surface area contributed by atoms with Crippen molar-refractivity contribution in [1.29, 1.82) is 0 Å². The van der Waals surface area contributed by atoms with Gasteiger partial charge >= 0.3 is 12.8 Å². The predicted molar refractivity (Wildman–Crippen MR) is 128 cm³/mol. The van der Waals surface area contributed by atoms with Gasteiger partial charge in [-0.05, 0) is 54.7 Å². The van der Waals surface area contributed by atoms with Gasteiger partial charge in [-0.25, -0.2) is 4.79 Å². The number of pyridine rings is 1. The second-order valence-electron chi connectivity index (χ2n) is 9.03. The molecule has 0 bridgehead atoms. The minimum atomic E-state index is -4.79. The Morgan fingerprint density at radius 1 is 1.22 bits per heavy atom. The highest BCUT2D eigenvalue weighted by Gasteiger charge is 2.35. The molecule has 0 unspecified atom stereocenters. The molecule has 1 fully saturated rings. The molecule has 2 aliphatic rings. The van der Waals surface area contributed by atoms with Crippen LogP contribution in [0.25, 0.3) is 22.0 Å². The van der Waals surface area contributed by atoms with E-state index in [1.54, 1.807) is 6.07 Å². The average Bonchev–Trinajstić information content (AvgIpc) is 3.57. The van der Waals surface area contributed by atoms with Crippen molar-refractivity contribution >= 4 is 27.2 Å². The van der Waals surface area contributed by atoms with Crippen LogP contribution in [-0.4, -0.2) is 35.4 Å². The molecule has 196 valence electrons. The number of benzene rings is 2. The van der Waals surface area contributed by atoms with Gasteiger partial charge in [0.2, 0.25) is 11.2 Å². The average molecular weight is 537 g/mol. The molecule has 1 saturated carbocycles. The first-order valence-corrected chi connectivity index (χ1v) is 13.0. The zero-order valence-electron chi connectivity index (χ0n) is 19.4. The number of carboxylic acid groups (broad SMARTS) is 1. The molecular formula is C24H22F2N2O8S. The number of rotatable bonds is 7. The van der Waals surface area contributed by atoms with Crippen LogP contribution in [0, 0.1) is 0 Å². The van der Waals surface area contributed by atoms with Crippen molar-refractivity contribution in [3.05, 3.63) is 57.4 Å². The first-order valence-electron chi connectivity index (χ1n) is 11.4. The van der Waals surface area contributed by atoms with Gasteiger partial charge in [0.15, 0.2) is 5.75 Å². The zero-order valence-corrected chi connectivity index (χ0v) is 20.2. The fraction of sp³-hybridized carbons (Fsp3) is 0.333. The van der Waals surface area contributed by atoms with E-state index >= 15 is 0 Å². The summed E-state index contributed by atoms with van der Waals surface area (Å²) in [4.78, 5) is 24.6. The van der Waals surface area contributed by atoms with Gasteiger partial charge in [0.25, 0.3) is 10.1 Å². The summed E-state index contributed by atoms with van der Waals surface area (Å²) in [6.07, 6.45) is -0.898. The van der Waals surface area contributed by atoms with E-state index in [-0.39, 0.29) is 28.3 Å². The summed E-state index contributed by atoms with van der Waals surface area (Å²) in [6.45, 7) is -0.720. The Hall–Kier alpha value is -3.55. The third-order valence-corrected chi connectivity index (χ3v) is 7.16. The molecule has 0 spiro atoms. The van der Waals surface area contributed by atoms with E-state index in [2.05, 4.69) is 10.1 Å². The van der Waals surface area contributed by atoms with E-state index in [1.807, 2.05) is 19.1 Å². The molecule has 37 heavy (non-hydrogen) atoms. The molecule has 1 aliphatic heterocycles. The third-order valence-electron chi connectivity index (χ3n) is 6.52. The van der Waals surface area contributed by atoms with Gasteiger partial charge in [-0.15, -0.1) is 0 Å². The highest BCUT2D eigenvalue weighted by molar-refractivity contribution is 7.85. The molecule has 0 amide bonds. The maximum absolute atomic E-state index is 13.7. The van der Waals surface area contributed by atoms with Gasteiger partial charge in [0.1, 0.15) is 5.75 Å². The number of nitrogens with one attached hydrogen (secondary N) is 1. The second-order valence-corrected chi connectivity index (χ2v) is 10.5. The van der Waals surface area contributed by atoms with E-state index in [1.165, 1.54) is 16.7 Å². The van der Waals surface area contributed by atoms with E-state index in [0.29, 0.717) is 24.9 Å². The molecule has 1 aliphatic carbocycles. The predicted octanol–water partition coefficient (Wildman–Crippen LogP) is 4.21. The number of hydrogen-bond donors (Lipinski definition) is 3. The van der Waals surface area contributed by atoms with Crippen LogP contribution in [0.1, 0.15) is 48.7 Å². The monoisotopic (exact) mass is 536 g/mol. The number of halogens is 2. The van der Waals surface area contributed by atoms with Crippen molar-refractivity contribution in [2.24, 2.45) is 0 Å². The Morgan fingerprint density at radius 2 is 1.95 bits per heavy atom. The van der Waals surface area contributed by atoms with Crippen LogP contribution in [0.4, 0.5) is 13.6 Å². The standard InChI is InChI=1S/C24H22F2N2O8S/c1-11-15-5-2-12(8-13(15)9-27-11)16-6-7-17-19(21(16)35-23(25)26)28(14-3-4-14)18(10-37(32,33)34)22(20(17)29)36-24(30)31/h2,5-8,11,14,23,27H,3-4,9-10H2,1H3,(H,30,31)(H,32,33,34)/t11-/m1/s1. The SMILES string of the molecule is C[C@H]1NCc2cc(-c3ccc4c(=O)c(OC(=O)O)c(CS(=O)(=O)O)n(C5CC5)c4c3OC(F)F)ccc21. The van der Waals surface area contributed by atoms with Crippen molar-refractivity contribution < 1.29 is 41.1 Å². The largest absolute Gasteiger partial charge is 0.511 e. The van der Waals surface area contributed by atoms with Gasteiger partial charge in [0.05, 0.1) is 16.6 Å². The summed E-state index contributed by atoms with van der Waals surface area (Å²) in [5.74, 6) is -2.36. The molecule has 10 nitrogen and oxygen atoms in total. The molecule has 3 N–H and O–H groups in total. The Bertz CT molecular complexity index is 1600. The molecule has 2 aromatic carbocycles. The van der Waals surface area contributed by atoms with Crippen LogP contribution in [0.15, 0.2) is 35.1 Å². The molecule has 3 aromatic rings. The highest BCUT2D eigenvalue weighted by Crippen LogP contribution is 2.46. The summed E-state index contributed by atoms with van der Waals surface area (Å²) in [5, 5.41) is 12.3. The minimum absolute atomic E-state index is 0.119. The van der Waals surface area contributed by atoms with Gasteiger partial charge in [-0.2, -0.15) is 17.2 Å². The highest BCUT2D eigenvalue weighted by atomic mass is 32.2. The number of alkyl halides is 2. The molecule has 2 heterocycles. The summed E-state index contributed by atoms with van der Waals surface area (Å²) >= 11 is 0. The van der Waals surface area contributed by atoms with Crippen LogP contribution >= 0.6 is 0 Å². The number of fused-ring (bicyclic) bond motifs is 2. The number of hydrogen-bond acceptors (Lipinski definition) is 7. The molecule has 0 saturated heterocycles. The Balaban J connectivity index is 1.87. The summed E-state index contributed by atoms with van der Waals surface area (Å²) < 4.78 is 71.6. The van der Waals surface area contributed by atoms with Gasteiger partial charge in [-0.1, -0.05) is 12.1 Å². The molecule has 0 radical (unpaired) electrons. The Morgan fingerprint density at radius 3 is 2.57 bits per heavy atom. The quantitative estimate of drug-likeness (QED) is 0.299. The minimum Gasteiger partial charge on any atom is -0.449 e. The van der Waals surface area contributed by atoms with Gasteiger partial charge in [-0.3, -0.25) is 9.35 Å². The normalized spacial score (nSPS) is 17.3. The summed E-state index contributed by atoms with van der Waals surface area (Å²) in [5.41, 5.74) is 1.15. The lowest BCUT2D eigenvalue weighted by atomic mass is 9.96. The van der Waals surface area contributed by atoms with Crippen molar-refractivity contribution in [1.82, 2.24) is 9.88 Å². The van der Waals surface area contributed by atoms with E-state index in [0.717, 1.165) is 11.1 Å². The van der Waals surface area contributed by atoms with E-state index in [4.69, 9.17) is 4.74 Å². The first kappa shape index (κ1) is 25.1. The smallest absolute Gasteiger partial charge is 0.449 e. The molecule has 1 aromatic heterocycles. The van der Waals surface area contributed by atoms with Gasteiger partial charge in [0, 0.05) is 24.2 Å². The Labute approximate surface area is 209 Å². The van der Waals surface area contributed by atoms with Crippen LogP contribution in [-0.2, 0) is 22.4 Å². The number of nitrogens with zero attached hydrogens (tertiary/aromatic N) is 1. The lowest BCUT2D eigenvalue weighted by Crippen LogP contribution is -2.23. The summed E-state index contributed by atoms with van der Waals surface area (Å²) in [7, 11) is -4.79. The molecule has 5 rings (SSSR count). The lowest BCUT2D eigenvalue weighted by molar-refractivity contribution is -0.0486. The van der Waals surface area contributed by atoms with E-state index < -0.39 is 51.6 Å². The second kappa shape index (κ2) is 9.08. The van der Waals surface area contributed by atoms with Crippen molar-refractivity contribution in [2.75, 3.05) is 0 Å². The fourth-order valence-corrected chi connectivity index (χ4v) is 5.50. The maximum Gasteiger partial charge on any atom is 0.511 e. The molecule has 1 atom stereocenters. The molecular weight excluding hydrogens is 514 g/mol. The number of aromatic nitrogens is 1. The fourth-order valence-electron chi connectivity index (χ4n) is 4.88.